The molecule has 0 saturated carbocycles. The van der Waals surface area contributed by atoms with Gasteiger partial charge >= 0.3 is 0 Å². The fourth-order valence-electron chi connectivity index (χ4n) is 0.711. The molecule has 0 fully saturated rings. The van der Waals surface area contributed by atoms with Gasteiger partial charge in [0.25, 0.3) is 0 Å². The van der Waals surface area contributed by atoms with Gasteiger partial charge in [-0.1, -0.05) is 0 Å². The maximum Gasteiger partial charge on any atom is 0.242 e. The van der Waals surface area contributed by atoms with Crippen LogP contribution in [0.25, 0.3) is 0 Å². The number of hydrogen-bond donors (Lipinski definition) is 3. The molecule has 0 aromatic rings. The topological polar surface area (TPSA) is 156 Å². The number of ketones is 2. The van der Waals surface area contributed by atoms with Crippen molar-refractivity contribution in [3.8, 4) is 0 Å². The third-order valence-corrected chi connectivity index (χ3v) is 2.15. The summed E-state index contributed by atoms with van der Waals surface area (Å²) in [5.74, 6) is -1.32. The molecular weight excluding hydrogens is 224 g/mol. The summed E-state index contributed by atoms with van der Waals surface area (Å²) >= 11 is 0. The van der Waals surface area contributed by atoms with Crippen molar-refractivity contribution in [2.75, 3.05) is 0 Å². The Morgan fingerprint density at radius 2 is 1.67 bits per heavy atom. The highest BCUT2D eigenvalue weighted by Gasteiger charge is 2.22. The maximum absolute atomic E-state index is 10.8. The minimum absolute atomic E-state index is 0.557. The second-order valence-electron chi connectivity index (χ2n) is 2.27. The maximum atomic E-state index is 10.8. The Labute approximate surface area is 84.5 Å². The Balaban J connectivity index is 0.000000583. The molecule has 0 amide bonds. The van der Waals surface area contributed by atoms with E-state index in [-0.39, 0.29) is 0 Å². The molecule has 15 heavy (non-hydrogen) atoms. The SMILES string of the molecule is N=[N+]=N.NS(=O)(=O)C1=CC(=O)C=CC1=O. The van der Waals surface area contributed by atoms with E-state index in [0.29, 0.717) is 6.08 Å². The number of rotatable bonds is 1. The molecule has 0 heterocycles. The fraction of sp³-hybridized carbons (Fsp3) is 0. The first-order chi connectivity index (χ1) is 6.82. The molecule has 0 radical (unpaired) electrons. The summed E-state index contributed by atoms with van der Waals surface area (Å²) in [5, 5.41) is 4.66. The molecule has 4 N–H and O–H groups in total. The van der Waals surface area contributed by atoms with E-state index >= 15 is 0 Å². The van der Waals surface area contributed by atoms with Crippen molar-refractivity contribution in [1.29, 1.82) is 11.1 Å². The first kappa shape index (κ1) is 13.0. The number of primary sulfonamides is 1. The molecule has 1 aliphatic rings. The predicted molar refractivity (Wildman–Crippen MR) is 47.9 cm³/mol. The molecular formula is C6H7N4O4S+. The molecule has 0 saturated heterocycles. The Hall–Kier alpha value is -1.96. The van der Waals surface area contributed by atoms with Crippen LogP contribution in [0.4, 0.5) is 0 Å². The highest BCUT2D eigenvalue weighted by atomic mass is 32.2. The highest BCUT2D eigenvalue weighted by Crippen LogP contribution is 2.08. The number of allylic oxidation sites excluding steroid dienone is 4. The first-order valence-electron chi connectivity index (χ1n) is 3.37. The van der Waals surface area contributed by atoms with Crippen LogP contribution in [0.1, 0.15) is 0 Å². The Kier molecular flexibility index (Phi) is 4.39. The zero-order valence-corrected chi connectivity index (χ0v) is 8.11. The van der Waals surface area contributed by atoms with E-state index in [0.717, 1.165) is 12.2 Å². The summed E-state index contributed by atoms with van der Waals surface area (Å²) in [7, 11) is -4.07. The summed E-state index contributed by atoms with van der Waals surface area (Å²) in [6.45, 7) is 0. The van der Waals surface area contributed by atoms with Crippen LogP contribution in [-0.2, 0) is 19.6 Å². The van der Waals surface area contributed by atoms with Gasteiger partial charge in [-0.2, -0.15) is 0 Å². The second-order valence-corrected chi connectivity index (χ2v) is 3.80. The molecule has 0 atom stereocenters. The molecule has 0 aromatic heterocycles. The second kappa shape index (κ2) is 5.05. The van der Waals surface area contributed by atoms with Crippen LogP contribution < -0.4 is 10.1 Å². The molecule has 9 heteroatoms. The molecule has 1 aliphatic carbocycles. The summed E-state index contributed by atoms with van der Waals surface area (Å²) in [5.41, 5.74) is 11.0. The number of sulfonamides is 1. The van der Waals surface area contributed by atoms with Crippen LogP contribution in [0, 0.1) is 11.1 Å². The Morgan fingerprint density at radius 1 is 1.20 bits per heavy atom. The van der Waals surface area contributed by atoms with E-state index in [4.69, 9.17) is 11.1 Å². The number of nitrogens with one attached hydrogen (secondary N) is 2. The summed E-state index contributed by atoms with van der Waals surface area (Å²) in [4.78, 5) is 22.8. The van der Waals surface area contributed by atoms with E-state index in [1.54, 1.807) is 0 Å². The molecule has 80 valence electrons. The average Bonchev–Trinajstić information content (AvgIpc) is 2.09. The van der Waals surface area contributed by atoms with Crippen LogP contribution in [0.5, 0.6) is 0 Å². The van der Waals surface area contributed by atoms with E-state index in [1.165, 1.54) is 0 Å². The lowest BCUT2D eigenvalue weighted by molar-refractivity contribution is -0.114. The summed E-state index contributed by atoms with van der Waals surface area (Å²) < 4.78 is 21.3. The number of carbonyl (C=O) groups is 2. The van der Waals surface area contributed by atoms with Crippen molar-refractivity contribution in [2.45, 2.75) is 0 Å². The van der Waals surface area contributed by atoms with Gasteiger partial charge in [0.2, 0.25) is 14.9 Å². The van der Waals surface area contributed by atoms with Gasteiger partial charge in [0.15, 0.2) is 11.6 Å². The molecule has 8 nitrogen and oxygen atoms in total. The van der Waals surface area contributed by atoms with Crippen LogP contribution in [-0.4, -0.2) is 20.0 Å². The number of nitrogens with two attached hydrogens (primary N) is 1. The van der Waals surface area contributed by atoms with Gasteiger partial charge in [-0.3, -0.25) is 9.59 Å². The van der Waals surface area contributed by atoms with Gasteiger partial charge in [-0.25, -0.2) is 13.6 Å². The molecule has 1 rings (SSSR count). The number of hydrogen-bond acceptors (Lipinski definition) is 6. The third-order valence-electron chi connectivity index (χ3n) is 1.22. The lowest BCUT2D eigenvalue weighted by Crippen LogP contribution is -2.22. The zero-order chi connectivity index (χ0) is 12.1. The van der Waals surface area contributed by atoms with Gasteiger partial charge < -0.3 is 0 Å². The monoisotopic (exact) mass is 231 g/mol. The standard InChI is InChI=1S/C6H5NO4S.H2N3/c7-12(10,11)6-3-4(8)1-2-5(6)9;1-3-2/h1-3H,(H2,7,10,11);1-2H/q;+1. The van der Waals surface area contributed by atoms with E-state index < -0.39 is 26.5 Å². The van der Waals surface area contributed by atoms with Crippen molar-refractivity contribution >= 4 is 21.6 Å². The summed E-state index contributed by atoms with van der Waals surface area (Å²) in [6, 6.07) is 0. The smallest absolute Gasteiger partial charge is 0.242 e. The van der Waals surface area contributed by atoms with E-state index in [2.05, 4.69) is 5.14 Å². The van der Waals surface area contributed by atoms with Crippen molar-refractivity contribution in [2.24, 2.45) is 5.14 Å². The highest BCUT2D eigenvalue weighted by molar-refractivity contribution is 7.94. The lowest BCUT2D eigenvalue weighted by Gasteiger charge is -2.02. The van der Waals surface area contributed by atoms with E-state index in [9.17, 15) is 18.0 Å². The van der Waals surface area contributed by atoms with Gasteiger partial charge in [-0.15, -0.1) is 0 Å². The molecule has 0 spiro atoms. The molecule has 0 aliphatic heterocycles. The fourth-order valence-corrected chi connectivity index (χ4v) is 1.34. The van der Waals surface area contributed by atoms with Crippen LogP contribution in [0.15, 0.2) is 23.1 Å². The van der Waals surface area contributed by atoms with Gasteiger partial charge in [-0.05, 0) is 12.2 Å². The first-order valence-corrected chi connectivity index (χ1v) is 4.91. The van der Waals surface area contributed by atoms with Crippen molar-refractivity contribution < 1.29 is 18.0 Å². The van der Waals surface area contributed by atoms with E-state index in [1.807, 2.05) is 4.91 Å². The lowest BCUT2D eigenvalue weighted by atomic mass is 10.2. The molecule has 0 aromatic carbocycles. The third kappa shape index (κ3) is 4.18. The normalized spacial score (nSPS) is 14.9. The minimum atomic E-state index is -4.07. The minimum Gasteiger partial charge on any atom is -0.290 e. The van der Waals surface area contributed by atoms with Crippen molar-refractivity contribution in [3.05, 3.63) is 23.1 Å². The number of carbonyl (C=O) groups excluding carboxylic acids is 2. The Bertz CT molecular complexity index is 481. The van der Waals surface area contributed by atoms with Crippen LogP contribution in [0.3, 0.4) is 0 Å². The quantitative estimate of drug-likeness (QED) is 0.300. The van der Waals surface area contributed by atoms with Crippen molar-refractivity contribution in [3.63, 3.8) is 0 Å². The van der Waals surface area contributed by atoms with Gasteiger partial charge in [0.05, 0.1) is 0 Å². The predicted octanol–water partition coefficient (Wildman–Crippen LogP) is -1.02. The van der Waals surface area contributed by atoms with Crippen molar-refractivity contribution in [1.82, 2.24) is 4.91 Å². The van der Waals surface area contributed by atoms with Gasteiger partial charge in [0, 0.05) is 6.08 Å². The largest absolute Gasteiger partial charge is 0.290 e. The molecule has 0 bridgehead atoms. The zero-order valence-electron chi connectivity index (χ0n) is 7.30. The average molecular weight is 231 g/mol. The Morgan fingerprint density at radius 3 is 2.00 bits per heavy atom. The van der Waals surface area contributed by atoms with Gasteiger partial charge in [0.1, 0.15) is 16.0 Å². The number of nitrogens with zero attached hydrogens (tertiary/aromatic N) is 1. The van der Waals surface area contributed by atoms with Crippen LogP contribution >= 0.6 is 0 Å². The molecule has 0 unspecified atom stereocenters. The summed E-state index contributed by atoms with van der Waals surface area (Å²) in [6.07, 6.45) is 2.57. The van der Waals surface area contributed by atoms with Crippen LogP contribution in [0.2, 0.25) is 0 Å².